The molecule has 0 aliphatic carbocycles. The topological polar surface area (TPSA) is 38.3 Å². The summed E-state index contributed by atoms with van der Waals surface area (Å²) in [6.45, 7) is 5.01. The highest BCUT2D eigenvalue weighted by Gasteiger charge is 2.07. The van der Waals surface area contributed by atoms with Crippen LogP contribution in [0.4, 0.5) is 0 Å². The molecule has 3 nitrogen and oxygen atoms in total. The van der Waals surface area contributed by atoms with E-state index in [-0.39, 0.29) is 12.0 Å². The number of benzene rings is 2. The molecule has 21 heavy (non-hydrogen) atoms. The molecule has 0 unspecified atom stereocenters. The van der Waals surface area contributed by atoms with Crippen molar-refractivity contribution in [3.8, 4) is 0 Å². The zero-order valence-corrected chi connectivity index (χ0v) is 12.7. The Labute approximate surface area is 126 Å². The lowest BCUT2D eigenvalue weighted by Crippen LogP contribution is -2.18. The van der Waals surface area contributed by atoms with E-state index in [1.807, 2.05) is 12.1 Å². The Bertz CT molecular complexity index is 605. The van der Waals surface area contributed by atoms with E-state index >= 15 is 0 Å². The van der Waals surface area contributed by atoms with Crippen LogP contribution in [0.15, 0.2) is 48.5 Å². The van der Waals surface area contributed by atoms with Gasteiger partial charge in [0.25, 0.3) is 0 Å². The fourth-order valence-corrected chi connectivity index (χ4v) is 2.20. The van der Waals surface area contributed by atoms with Crippen LogP contribution in [-0.2, 0) is 11.3 Å². The van der Waals surface area contributed by atoms with Gasteiger partial charge in [0, 0.05) is 12.6 Å². The van der Waals surface area contributed by atoms with Crippen molar-refractivity contribution in [2.24, 2.45) is 0 Å². The van der Waals surface area contributed by atoms with Crippen LogP contribution in [0.25, 0.3) is 0 Å². The fraction of sp³-hybridized carbons (Fsp3) is 0.278. The lowest BCUT2D eigenvalue weighted by molar-refractivity contribution is 0.0600. The fourth-order valence-electron chi connectivity index (χ4n) is 2.20. The number of carbonyl (C=O) groups is 1. The first-order chi connectivity index (χ1) is 10.1. The predicted octanol–water partition coefficient (Wildman–Crippen LogP) is 3.63. The first-order valence-corrected chi connectivity index (χ1v) is 7.07. The Morgan fingerprint density at radius 1 is 1.19 bits per heavy atom. The third-order valence-electron chi connectivity index (χ3n) is 3.53. The minimum Gasteiger partial charge on any atom is -0.465 e. The molecule has 110 valence electrons. The van der Waals surface area contributed by atoms with Crippen LogP contribution in [0.5, 0.6) is 0 Å². The van der Waals surface area contributed by atoms with Gasteiger partial charge in [-0.3, -0.25) is 0 Å². The summed E-state index contributed by atoms with van der Waals surface area (Å²) < 4.78 is 4.69. The van der Waals surface area contributed by atoms with Crippen molar-refractivity contribution in [2.45, 2.75) is 26.4 Å². The Morgan fingerprint density at radius 2 is 1.90 bits per heavy atom. The maximum Gasteiger partial charge on any atom is 0.337 e. The second kappa shape index (κ2) is 7.04. The molecular formula is C18H21NO2. The Balaban J connectivity index is 1.95. The Morgan fingerprint density at radius 3 is 2.52 bits per heavy atom. The van der Waals surface area contributed by atoms with Crippen molar-refractivity contribution in [2.75, 3.05) is 7.11 Å². The molecule has 0 saturated carbocycles. The molecule has 0 spiro atoms. The first-order valence-electron chi connectivity index (χ1n) is 7.07. The number of rotatable bonds is 5. The number of methoxy groups -OCH3 is 1. The van der Waals surface area contributed by atoms with Crippen LogP contribution < -0.4 is 5.32 Å². The van der Waals surface area contributed by atoms with Gasteiger partial charge in [0.2, 0.25) is 0 Å². The maximum atomic E-state index is 11.4. The number of hydrogen-bond acceptors (Lipinski definition) is 3. The van der Waals surface area contributed by atoms with Crippen LogP contribution in [-0.4, -0.2) is 13.1 Å². The average molecular weight is 283 g/mol. The van der Waals surface area contributed by atoms with Gasteiger partial charge in [-0.15, -0.1) is 0 Å². The standard InChI is InChI=1S/C18H21NO2/c1-13-5-4-6-17(11-13)14(2)19-12-15-7-9-16(10-8-15)18(20)21-3/h4-11,14,19H,12H2,1-3H3/t14-/m0/s1. The van der Waals surface area contributed by atoms with Crippen molar-refractivity contribution in [3.63, 3.8) is 0 Å². The van der Waals surface area contributed by atoms with E-state index in [2.05, 4.69) is 48.2 Å². The van der Waals surface area contributed by atoms with Crippen molar-refractivity contribution < 1.29 is 9.53 Å². The highest BCUT2D eigenvalue weighted by Crippen LogP contribution is 2.15. The summed E-state index contributed by atoms with van der Waals surface area (Å²) in [7, 11) is 1.39. The molecule has 0 aliphatic rings. The van der Waals surface area contributed by atoms with Crippen LogP contribution in [0.2, 0.25) is 0 Å². The Kier molecular flexibility index (Phi) is 5.12. The van der Waals surface area contributed by atoms with Crippen molar-refractivity contribution in [3.05, 3.63) is 70.8 Å². The van der Waals surface area contributed by atoms with E-state index in [9.17, 15) is 4.79 Å². The number of esters is 1. The molecule has 0 radical (unpaired) electrons. The minimum absolute atomic E-state index is 0.283. The second-order valence-corrected chi connectivity index (χ2v) is 5.21. The van der Waals surface area contributed by atoms with E-state index in [4.69, 9.17) is 0 Å². The predicted molar refractivity (Wildman–Crippen MR) is 84.2 cm³/mol. The zero-order valence-electron chi connectivity index (χ0n) is 12.7. The first kappa shape index (κ1) is 15.3. The molecular weight excluding hydrogens is 262 g/mol. The summed E-state index contributed by atoms with van der Waals surface area (Å²) in [5.74, 6) is -0.303. The molecule has 1 atom stereocenters. The monoisotopic (exact) mass is 283 g/mol. The molecule has 2 rings (SSSR count). The van der Waals surface area contributed by atoms with E-state index in [1.54, 1.807) is 12.1 Å². The summed E-state index contributed by atoms with van der Waals surface area (Å²) in [5.41, 5.74) is 4.26. The van der Waals surface area contributed by atoms with Crippen LogP contribution >= 0.6 is 0 Å². The maximum absolute atomic E-state index is 11.4. The van der Waals surface area contributed by atoms with E-state index < -0.39 is 0 Å². The van der Waals surface area contributed by atoms with Gasteiger partial charge in [-0.25, -0.2) is 4.79 Å². The van der Waals surface area contributed by atoms with E-state index in [0.717, 1.165) is 12.1 Å². The number of nitrogens with one attached hydrogen (secondary N) is 1. The molecule has 0 aromatic heterocycles. The van der Waals surface area contributed by atoms with Gasteiger partial charge in [0.05, 0.1) is 12.7 Å². The van der Waals surface area contributed by atoms with Gasteiger partial charge in [-0.1, -0.05) is 42.0 Å². The third kappa shape index (κ3) is 4.17. The van der Waals surface area contributed by atoms with E-state index in [1.165, 1.54) is 18.2 Å². The van der Waals surface area contributed by atoms with Crippen LogP contribution in [0.3, 0.4) is 0 Å². The van der Waals surface area contributed by atoms with Crippen LogP contribution in [0.1, 0.15) is 40.0 Å². The van der Waals surface area contributed by atoms with E-state index in [0.29, 0.717) is 5.56 Å². The molecule has 2 aromatic carbocycles. The third-order valence-corrected chi connectivity index (χ3v) is 3.53. The summed E-state index contributed by atoms with van der Waals surface area (Å²) in [5, 5.41) is 3.49. The quantitative estimate of drug-likeness (QED) is 0.852. The largest absolute Gasteiger partial charge is 0.465 e. The summed E-state index contributed by atoms with van der Waals surface area (Å²) >= 11 is 0. The highest BCUT2D eigenvalue weighted by atomic mass is 16.5. The smallest absolute Gasteiger partial charge is 0.337 e. The van der Waals surface area contributed by atoms with Gasteiger partial charge < -0.3 is 10.1 Å². The van der Waals surface area contributed by atoms with Gasteiger partial charge in [-0.2, -0.15) is 0 Å². The molecule has 0 heterocycles. The number of ether oxygens (including phenoxy) is 1. The van der Waals surface area contributed by atoms with Crippen LogP contribution in [0, 0.1) is 6.92 Å². The SMILES string of the molecule is COC(=O)c1ccc(CN[C@@H](C)c2cccc(C)c2)cc1. The molecule has 0 bridgehead atoms. The average Bonchev–Trinajstić information content (AvgIpc) is 2.52. The van der Waals surface area contributed by atoms with Crippen molar-refractivity contribution >= 4 is 5.97 Å². The van der Waals surface area contributed by atoms with Crippen molar-refractivity contribution in [1.29, 1.82) is 0 Å². The summed E-state index contributed by atoms with van der Waals surface area (Å²) in [6, 6.07) is 16.3. The molecule has 1 N–H and O–H groups in total. The lowest BCUT2D eigenvalue weighted by Gasteiger charge is -2.15. The van der Waals surface area contributed by atoms with Crippen molar-refractivity contribution in [1.82, 2.24) is 5.32 Å². The summed E-state index contributed by atoms with van der Waals surface area (Å²) in [6.07, 6.45) is 0. The van der Waals surface area contributed by atoms with Gasteiger partial charge in [-0.05, 0) is 37.1 Å². The molecule has 0 saturated heterocycles. The molecule has 2 aromatic rings. The number of aryl methyl sites for hydroxylation is 1. The second-order valence-electron chi connectivity index (χ2n) is 5.21. The van der Waals surface area contributed by atoms with Gasteiger partial charge in [0.15, 0.2) is 0 Å². The summed E-state index contributed by atoms with van der Waals surface area (Å²) in [4.78, 5) is 11.4. The minimum atomic E-state index is -0.303. The molecule has 0 aliphatic heterocycles. The lowest BCUT2D eigenvalue weighted by atomic mass is 10.1. The molecule has 3 heteroatoms. The molecule has 0 fully saturated rings. The molecule has 0 amide bonds. The number of hydrogen-bond donors (Lipinski definition) is 1. The Hall–Kier alpha value is -2.13. The normalized spacial score (nSPS) is 12.0. The van der Waals surface area contributed by atoms with Gasteiger partial charge >= 0.3 is 5.97 Å². The zero-order chi connectivity index (χ0) is 15.2. The van der Waals surface area contributed by atoms with Gasteiger partial charge in [0.1, 0.15) is 0 Å². The highest BCUT2D eigenvalue weighted by molar-refractivity contribution is 5.89. The number of carbonyl (C=O) groups excluding carboxylic acids is 1.